The largest absolute Gasteiger partial charge is 0.372 e. The SMILES string of the molecule is CC1CN(c2ccc(CNc3ncccc3[N+](=O)[O-])cc2F)CC(C)O1. The molecule has 3 rings (SSSR count). The minimum atomic E-state index is -0.500. The van der Waals surface area contributed by atoms with Gasteiger partial charge >= 0.3 is 5.69 Å². The normalized spacial score (nSPS) is 20.0. The molecule has 1 saturated heterocycles. The highest BCUT2D eigenvalue weighted by Crippen LogP contribution is 2.26. The van der Waals surface area contributed by atoms with E-state index in [-0.39, 0.29) is 36.1 Å². The molecule has 2 aromatic rings. The molecule has 2 heterocycles. The van der Waals surface area contributed by atoms with Crippen LogP contribution in [0.15, 0.2) is 36.5 Å². The van der Waals surface area contributed by atoms with Crippen molar-refractivity contribution < 1.29 is 14.1 Å². The standard InChI is InChI=1S/C18H21FN4O3/c1-12-10-22(11-13(2)26-12)16-6-5-14(8-15(16)19)9-21-18-17(23(24)25)4-3-7-20-18/h3-8,12-13H,9-11H2,1-2H3,(H,20,21). The first-order chi connectivity index (χ1) is 12.4. The number of benzene rings is 1. The number of nitrogens with one attached hydrogen (secondary N) is 1. The van der Waals surface area contributed by atoms with Gasteiger partial charge in [-0.3, -0.25) is 10.1 Å². The Labute approximate surface area is 150 Å². The van der Waals surface area contributed by atoms with Gasteiger partial charge in [0.1, 0.15) is 5.82 Å². The first-order valence-corrected chi connectivity index (χ1v) is 8.46. The van der Waals surface area contributed by atoms with E-state index in [4.69, 9.17) is 4.74 Å². The third-order valence-corrected chi connectivity index (χ3v) is 4.22. The fraction of sp³-hybridized carbons (Fsp3) is 0.389. The summed E-state index contributed by atoms with van der Waals surface area (Å²) in [6.45, 7) is 5.46. The van der Waals surface area contributed by atoms with Crippen molar-refractivity contribution in [3.8, 4) is 0 Å². The van der Waals surface area contributed by atoms with E-state index >= 15 is 0 Å². The monoisotopic (exact) mass is 360 g/mol. The van der Waals surface area contributed by atoms with E-state index in [1.165, 1.54) is 24.4 Å². The molecule has 2 unspecified atom stereocenters. The maximum absolute atomic E-state index is 14.6. The number of pyridine rings is 1. The Kier molecular flexibility index (Phi) is 5.32. The van der Waals surface area contributed by atoms with Gasteiger partial charge in [-0.15, -0.1) is 0 Å². The van der Waals surface area contributed by atoms with Gasteiger partial charge in [-0.25, -0.2) is 9.37 Å². The average Bonchev–Trinajstić information content (AvgIpc) is 2.59. The Morgan fingerprint density at radius 2 is 2.08 bits per heavy atom. The second-order valence-electron chi connectivity index (χ2n) is 6.43. The summed E-state index contributed by atoms with van der Waals surface area (Å²) in [5.74, 6) is -0.154. The Hall–Kier alpha value is -2.74. The predicted octanol–water partition coefficient (Wildman–Crippen LogP) is 3.35. The Morgan fingerprint density at radius 1 is 1.35 bits per heavy atom. The van der Waals surface area contributed by atoms with Crippen LogP contribution < -0.4 is 10.2 Å². The summed E-state index contributed by atoms with van der Waals surface area (Å²) >= 11 is 0. The van der Waals surface area contributed by atoms with Crippen LogP contribution in [0, 0.1) is 15.9 Å². The van der Waals surface area contributed by atoms with Gasteiger partial charge in [0.15, 0.2) is 0 Å². The topological polar surface area (TPSA) is 80.5 Å². The molecule has 0 amide bonds. The highest BCUT2D eigenvalue weighted by molar-refractivity contribution is 5.56. The van der Waals surface area contributed by atoms with E-state index < -0.39 is 4.92 Å². The van der Waals surface area contributed by atoms with Crippen molar-refractivity contribution in [2.24, 2.45) is 0 Å². The number of nitro groups is 1. The van der Waals surface area contributed by atoms with Gasteiger partial charge in [0.05, 0.1) is 22.8 Å². The van der Waals surface area contributed by atoms with Crippen LogP contribution in [0.4, 0.5) is 21.6 Å². The molecule has 0 aliphatic carbocycles. The summed E-state index contributed by atoms with van der Waals surface area (Å²) in [5.41, 5.74) is 1.11. The van der Waals surface area contributed by atoms with Gasteiger partial charge < -0.3 is 15.0 Å². The van der Waals surface area contributed by atoms with E-state index in [9.17, 15) is 14.5 Å². The first kappa shape index (κ1) is 18.1. The van der Waals surface area contributed by atoms with Crippen LogP contribution >= 0.6 is 0 Å². The van der Waals surface area contributed by atoms with Gasteiger partial charge in [0.2, 0.25) is 5.82 Å². The molecule has 1 fully saturated rings. The number of ether oxygens (including phenoxy) is 1. The number of halogens is 1. The third-order valence-electron chi connectivity index (χ3n) is 4.22. The van der Waals surface area contributed by atoms with Gasteiger partial charge in [-0.05, 0) is 37.6 Å². The van der Waals surface area contributed by atoms with Crippen molar-refractivity contribution in [3.63, 3.8) is 0 Å². The van der Waals surface area contributed by atoms with Crippen LogP contribution in [0.25, 0.3) is 0 Å². The smallest absolute Gasteiger partial charge is 0.311 e. The number of morpholine rings is 1. The molecule has 7 nitrogen and oxygen atoms in total. The maximum atomic E-state index is 14.6. The van der Waals surface area contributed by atoms with Crippen molar-refractivity contribution in [2.45, 2.75) is 32.6 Å². The molecule has 0 bridgehead atoms. The summed E-state index contributed by atoms with van der Waals surface area (Å²) in [4.78, 5) is 16.5. The summed E-state index contributed by atoms with van der Waals surface area (Å²) in [7, 11) is 0. The van der Waals surface area contributed by atoms with Crippen molar-refractivity contribution in [3.05, 3.63) is 58.0 Å². The molecule has 1 N–H and O–H groups in total. The van der Waals surface area contributed by atoms with Crippen LogP contribution in [0.2, 0.25) is 0 Å². The minimum Gasteiger partial charge on any atom is -0.372 e. The Bertz CT molecular complexity index is 792. The van der Waals surface area contributed by atoms with Crippen LogP contribution in [0.1, 0.15) is 19.4 Å². The lowest BCUT2D eigenvalue weighted by Gasteiger charge is -2.37. The third kappa shape index (κ3) is 4.08. The maximum Gasteiger partial charge on any atom is 0.311 e. The molecule has 1 aromatic carbocycles. The van der Waals surface area contributed by atoms with E-state index in [1.807, 2.05) is 24.8 Å². The molecule has 1 aromatic heterocycles. The fourth-order valence-electron chi connectivity index (χ4n) is 3.16. The van der Waals surface area contributed by atoms with Crippen molar-refractivity contribution in [1.29, 1.82) is 0 Å². The van der Waals surface area contributed by atoms with Gasteiger partial charge in [-0.2, -0.15) is 0 Å². The molecule has 26 heavy (non-hydrogen) atoms. The van der Waals surface area contributed by atoms with E-state index in [1.54, 1.807) is 6.07 Å². The lowest BCUT2D eigenvalue weighted by molar-refractivity contribution is -0.384. The second kappa shape index (κ2) is 7.65. The van der Waals surface area contributed by atoms with Crippen molar-refractivity contribution in [2.75, 3.05) is 23.3 Å². The first-order valence-electron chi connectivity index (χ1n) is 8.46. The zero-order chi connectivity index (χ0) is 18.7. The highest BCUT2D eigenvalue weighted by Gasteiger charge is 2.24. The zero-order valence-corrected chi connectivity index (χ0v) is 14.7. The molecular formula is C18H21FN4O3. The molecule has 0 saturated carbocycles. The number of hydrogen-bond acceptors (Lipinski definition) is 6. The van der Waals surface area contributed by atoms with Crippen LogP contribution in [-0.2, 0) is 11.3 Å². The Morgan fingerprint density at radius 3 is 2.73 bits per heavy atom. The molecular weight excluding hydrogens is 339 g/mol. The molecule has 2 atom stereocenters. The second-order valence-corrected chi connectivity index (χ2v) is 6.43. The minimum absolute atomic E-state index is 0.0456. The molecule has 1 aliphatic rings. The summed E-state index contributed by atoms with van der Waals surface area (Å²) < 4.78 is 20.3. The summed E-state index contributed by atoms with van der Waals surface area (Å²) in [5, 5.41) is 13.9. The lowest BCUT2D eigenvalue weighted by Crippen LogP contribution is -2.45. The van der Waals surface area contributed by atoms with Gasteiger partial charge in [-0.1, -0.05) is 6.07 Å². The lowest BCUT2D eigenvalue weighted by atomic mass is 10.1. The van der Waals surface area contributed by atoms with Crippen molar-refractivity contribution in [1.82, 2.24) is 4.98 Å². The van der Waals surface area contributed by atoms with Crippen LogP contribution in [0.3, 0.4) is 0 Å². The quantitative estimate of drug-likeness (QED) is 0.650. The van der Waals surface area contributed by atoms with E-state index in [0.717, 1.165) is 0 Å². The fourth-order valence-corrected chi connectivity index (χ4v) is 3.16. The van der Waals surface area contributed by atoms with Gasteiger partial charge in [0.25, 0.3) is 0 Å². The number of anilines is 2. The molecule has 0 spiro atoms. The number of rotatable bonds is 5. The summed E-state index contributed by atoms with van der Waals surface area (Å²) in [6, 6.07) is 7.87. The number of aromatic nitrogens is 1. The number of hydrogen-bond donors (Lipinski definition) is 1. The van der Waals surface area contributed by atoms with Crippen LogP contribution in [-0.4, -0.2) is 35.2 Å². The summed E-state index contributed by atoms with van der Waals surface area (Å²) in [6.07, 6.45) is 1.56. The van der Waals surface area contributed by atoms with E-state index in [0.29, 0.717) is 24.3 Å². The molecule has 8 heteroatoms. The molecule has 1 aliphatic heterocycles. The van der Waals surface area contributed by atoms with Crippen molar-refractivity contribution >= 4 is 17.2 Å². The van der Waals surface area contributed by atoms with Gasteiger partial charge in [0, 0.05) is 31.9 Å². The Balaban J connectivity index is 1.71. The zero-order valence-electron chi connectivity index (χ0n) is 14.7. The highest BCUT2D eigenvalue weighted by atomic mass is 19.1. The molecule has 0 radical (unpaired) electrons. The number of nitrogens with zero attached hydrogens (tertiary/aromatic N) is 3. The van der Waals surface area contributed by atoms with Crippen LogP contribution in [0.5, 0.6) is 0 Å². The average molecular weight is 360 g/mol. The predicted molar refractivity (Wildman–Crippen MR) is 96.8 cm³/mol. The van der Waals surface area contributed by atoms with E-state index in [2.05, 4.69) is 10.3 Å². The molecule has 138 valence electrons.